The Morgan fingerprint density at radius 3 is 2.96 bits per heavy atom. The fourth-order valence-electron chi connectivity index (χ4n) is 4.79. The van der Waals surface area contributed by atoms with Crippen molar-refractivity contribution in [3.8, 4) is 11.5 Å². The van der Waals surface area contributed by atoms with Crippen molar-refractivity contribution in [2.75, 3.05) is 26.7 Å². The van der Waals surface area contributed by atoms with Crippen LogP contribution in [0.1, 0.15) is 44.6 Å². The molecule has 2 fully saturated rings. The Labute approximate surface area is 156 Å². The monoisotopic (exact) mass is 358 g/mol. The normalized spacial score (nSPS) is 28.2. The third-order valence-corrected chi connectivity index (χ3v) is 6.20. The van der Waals surface area contributed by atoms with Crippen molar-refractivity contribution in [1.82, 2.24) is 9.80 Å². The molecule has 2 aliphatic heterocycles. The molecule has 0 N–H and O–H groups in total. The van der Waals surface area contributed by atoms with E-state index in [9.17, 15) is 4.79 Å². The first kappa shape index (κ1) is 17.7. The molecule has 3 atom stereocenters. The molecule has 142 valence electrons. The van der Waals surface area contributed by atoms with E-state index in [1.54, 1.807) is 7.11 Å². The second kappa shape index (κ2) is 7.47. The molecule has 5 heteroatoms. The number of hydrogen-bond donors (Lipinski definition) is 0. The van der Waals surface area contributed by atoms with Gasteiger partial charge in [-0.2, -0.15) is 0 Å². The van der Waals surface area contributed by atoms with Crippen LogP contribution in [0.2, 0.25) is 0 Å². The van der Waals surface area contributed by atoms with E-state index in [1.165, 1.54) is 25.7 Å². The molecule has 1 saturated carbocycles. The highest BCUT2D eigenvalue weighted by atomic mass is 16.5. The fraction of sp³-hybridized carbons (Fsp3) is 0.667. The van der Waals surface area contributed by atoms with Gasteiger partial charge in [-0.05, 0) is 49.8 Å². The summed E-state index contributed by atoms with van der Waals surface area (Å²) in [5.74, 6) is 2.78. The van der Waals surface area contributed by atoms with Gasteiger partial charge < -0.3 is 14.4 Å². The van der Waals surface area contributed by atoms with E-state index in [2.05, 4.69) is 16.7 Å². The van der Waals surface area contributed by atoms with Crippen molar-refractivity contribution in [3.05, 3.63) is 23.8 Å². The zero-order valence-electron chi connectivity index (χ0n) is 15.9. The van der Waals surface area contributed by atoms with Crippen molar-refractivity contribution in [3.63, 3.8) is 0 Å². The smallest absolute Gasteiger partial charge is 0.237 e. The molecule has 1 aromatic carbocycles. The van der Waals surface area contributed by atoms with E-state index < -0.39 is 0 Å². The molecular formula is C21H30N2O3. The summed E-state index contributed by atoms with van der Waals surface area (Å²) in [5, 5.41) is 0. The second-order valence-corrected chi connectivity index (χ2v) is 8.02. The highest BCUT2D eigenvalue weighted by molar-refractivity contribution is 5.79. The van der Waals surface area contributed by atoms with Gasteiger partial charge in [-0.3, -0.25) is 9.69 Å². The molecule has 0 radical (unpaired) electrons. The van der Waals surface area contributed by atoms with Crippen LogP contribution < -0.4 is 9.47 Å². The van der Waals surface area contributed by atoms with Crippen LogP contribution in [-0.2, 0) is 11.3 Å². The predicted octanol–water partition coefficient (Wildman–Crippen LogP) is 3.07. The van der Waals surface area contributed by atoms with Crippen molar-refractivity contribution in [2.24, 2.45) is 5.92 Å². The maximum atomic E-state index is 13.0. The van der Waals surface area contributed by atoms with Crippen LogP contribution in [0.25, 0.3) is 0 Å². The number of ether oxygens (including phenoxy) is 2. The number of amides is 1. The number of carbonyl (C=O) groups excluding carboxylic acids is 1. The maximum Gasteiger partial charge on any atom is 0.237 e. The van der Waals surface area contributed by atoms with Gasteiger partial charge in [0.2, 0.25) is 5.91 Å². The van der Waals surface area contributed by atoms with Gasteiger partial charge in [0.05, 0.1) is 13.7 Å². The molecule has 0 aromatic heterocycles. The van der Waals surface area contributed by atoms with Crippen LogP contribution in [0.15, 0.2) is 18.2 Å². The van der Waals surface area contributed by atoms with Gasteiger partial charge in [0.1, 0.15) is 17.6 Å². The van der Waals surface area contributed by atoms with Gasteiger partial charge in [0, 0.05) is 31.2 Å². The summed E-state index contributed by atoms with van der Waals surface area (Å²) in [6.45, 7) is 5.12. The fourth-order valence-corrected chi connectivity index (χ4v) is 4.79. The average Bonchev–Trinajstić information content (AvgIpc) is 2.84. The van der Waals surface area contributed by atoms with Gasteiger partial charge in [-0.25, -0.2) is 0 Å². The predicted molar refractivity (Wildman–Crippen MR) is 100 cm³/mol. The van der Waals surface area contributed by atoms with E-state index in [0.29, 0.717) is 18.5 Å². The van der Waals surface area contributed by atoms with E-state index in [4.69, 9.17) is 9.47 Å². The van der Waals surface area contributed by atoms with Crippen LogP contribution in [0.3, 0.4) is 0 Å². The molecule has 5 nitrogen and oxygen atoms in total. The number of methoxy groups -OCH3 is 1. The van der Waals surface area contributed by atoms with Crippen molar-refractivity contribution < 1.29 is 14.3 Å². The number of nitrogens with zero attached hydrogens (tertiary/aromatic N) is 2. The van der Waals surface area contributed by atoms with Crippen molar-refractivity contribution >= 4 is 5.91 Å². The highest BCUT2D eigenvalue weighted by Crippen LogP contribution is 2.35. The summed E-state index contributed by atoms with van der Waals surface area (Å²) in [7, 11) is 1.68. The van der Waals surface area contributed by atoms with Gasteiger partial charge in [0.15, 0.2) is 0 Å². The van der Waals surface area contributed by atoms with E-state index in [-0.39, 0.29) is 6.10 Å². The summed E-state index contributed by atoms with van der Waals surface area (Å²) in [4.78, 5) is 17.4. The molecule has 1 saturated heterocycles. The zero-order chi connectivity index (χ0) is 18.1. The highest BCUT2D eigenvalue weighted by Gasteiger charge is 2.38. The molecule has 2 bridgehead atoms. The summed E-state index contributed by atoms with van der Waals surface area (Å²) in [5.41, 5.74) is 1.10. The van der Waals surface area contributed by atoms with Crippen LogP contribution in [0.5, 0.6) is 11.5 Å². The topological polar surface area (TPSA) is 42.0 Å². The van der Waals surface area contributed by atoms with E-state index in [0.717, 1.165) is 49.0 Å². The quantitative estimate of drug-likeness (QED) is 0.830. The third kappa shape index (κ3) is 3.54. The molecule has 26 heavy (non-hydrogen) atoms. The Bertz CT molecular complexity index is 663. The average molecular weight is 358 g/mol. The van der Waals surface area contributed by atoms with Crippen LogP contribution >= 0.6 is 0 Å². The lowest BCUT2D eigenvalue weighted by molar-refractivity contribution is -0.133. The lowest BCUT2D eigenvalue weighted by Crippen LogP contribution is -2.44. The summed E-state index contributed by atoms with van der Waals surface area (Å²) < 4.78 is 11.6. The minimum absolute atomic E-state index is 0.121. The number of hydrogen-bond acceptors (Lipinski definition) is 4. The van der Waals surface area contributed by atoms with Crippen molar-refractivity contribution in [1.29, 1.82) is 0 Å². The first-order valence-electron chi connectivity index (χ1n) is 10.0. The van der Waals surface area contributed by atoms with Crippen LogP contribution in [-0.4, -0.2) is 54.6 Å². The summed E-state index contributed by atoms with van der Waals surface area (Å²) in [6, 6.07) is 6.45. The SMILES string of the molecule is CCC1CN(CC(=O)N2CC3CCCC2C3)Cc2cc(OC)ccc2O1. The Hall–Kier alpha value is -1.75. The number of rotatable bonds is 4. The van der Waals surface area contributed by atoms with Crippen molar-refractivity contribution in [2.45, 2.75) is 57.7 Å². The molecule has 1 amide bonds. The molecule has 0 spiro atoms. The number of benzene rings is 1. The van der Waals surface area contributed by atoms with Gasteiger partial charge in [-0.15, -0.1) is 0 Å². The molecule has 4 rings (SSSR count). The zero-order valence-corrected chi connectivity index (χ0v) is 15.9. The summed E-state index contributed by atoms with van der Waals surface area (Å²) >= 11 is 0. The Morgan fingerprint density at radius 1 is 1.31 bits per heavy atom. The van der Waals surface area contributed by atoms with Gasteiger partial charge in [-0.1, -0.05) is 13.3 Å². The minimum Gasteiger partial charge on any atom is -0.497 e. The Morgan fingerprint density at radius 2 is 2.19 bits per heavy atom. The minimum atomic E-state index is 0.121. The molecule has 1 aromatic rings. The molecule has 1 aliphatic carbocycles. The molecule has 2 heterocycles. The number of carbonyl (C=O) groups is 1. The maximum absolute atomic E-state index is 13.0. The number of fused-ring (bicyclic) bond motifs is 3. The largest absolute Gasteiger partial charge is 0.497 e. The first-order chi connectivity index (χ1) is 12.7. The molecule has 3 aliphatic rings. The van der Waals surface area contributed by atoms with Gasteiger partial charge in [0.25, 0.3) is 0 Å². The third-order valence-electron chi connectivity index (χ3n) is 6.20. The van der Waals surface area contributed by atoms with Crippen LogP contribution in [0.4, 0.5) is 0 Å². The Kier molecular flexibility index (Phi) is 5.07. The second-order valence-electron chi connectivity index (χ2n) is 8.02. The van der Waals surface area contributed by atoms with E-state index in [1.807, 2.05) is 18.2 Å². The number of likely N-dealkylation sites (tertiary alicyclic amines) is 1. The standard InChI is InChI=1S/C21H30N2O3/c1-3-18-13-22(12-16-10-19(25-2)7-8-20(16)26-18)14-21(24)23-11-15-5-4-6-17(23)9-15/h7-8,10,15,17-18H,3-6,9,11-14H2,1-2H3. The molecular weight excluding hydrogens is 328 g/mol. The molecule has 3 unspecified atom stereocenters. The lowest BCUT2D eigenvalue weighted by Gasteiger charge is -2.28. The lowest BCUT2D eigenvalue weighted by atomic mass is 9.90. The van der Waals surface area contributed by atoms with Gasteiger partial charge >= 0.3 is 0 Å². The van der Waals surface area contributed by atoms with E-state index >= 15 is 0 Å². The van der Waals surface area contributed by atoms with Crippen LogP contribution in [0, 0.1) is 5.92 Å². The Balaban J connectivity index is 1.49. The summed E-state index contributed by atoms with van der Waals surface area (Å²) in [6.07, 6.45) is 6.03. The first-order valence-corrected chi connectivity index (χ1v) is 10.0.